The summed E-state index contributed by atoms with van der Waals surface area (Å²) in [6.45, 7) is 3.91. The third kappa shape index (κ3) is 2.99. The number of rotatable bonds is 3. The van der Waals surface area contributed by atoms with E-state index in [1.54, 1.807) is 6.07 Å². The van der Waals surface area contributed by atoms with Gasteiger partial charge in [-0.05, 0) is 53.5 Å². The first-order chi connectivity index (χ1) is 9.40. The molecule has 0 bridgehead atoms. The average molecular weight is 354 g/mol. The van der Waals surface area contributed by atoms with Crippen LogP contribution in [0.25, 0.3) is 0 Å². The maximum atomic E-state index is 14.2. The highest BCUT2D eigenvalue weighted by molar-refractivity contribution is 9.10. The quantitative estimate of drug-likeness (QED) is 0.817. The van der Waals surface area contributed by atoms with Crippen LogP contribution in [0.15, 0.2) is 34.8 Å². The minimum Gasteiger partial charge on any atom is -0.454 e. The molecule has 0 atom stereocenters. The van der Waals surface area contributed by atoms with Gasteiger partial charge in [-0.15, -0.1) is 0 Å². The van der Waals surface area contributed by atoms with E-state index in [0.29, 0.717) is 11.3 Å². The third-order valence-electron chi connectivity index (χ3n) is 2.86. The van der Waals surface area contributed by atoms with Crippen LogP contribution < -0.4 is 10.5 Å². The first-order valence-electron chi connectivity index (χ1n) is 5.93. The lowest BCUT2D eigenvalue weighted by Gasteiger charge is -2.12. The zero-order chi connectivity index (χ0) is 14.9. The molecule has 0 spiro atoms. The lowest BCUT2D eigenvalue weighted by atomic mass is 10.1. The highest BCUT2D eigenvalue weighted by Gasteiger charge is 2.15. The Morgan fingerprint density at radius 2 is 1.85 bits per heavy atom. The molecule has 0 fully saturated rings. The molecule has 0 saturated carbocycles. The van der Waals surface area contributed by atoms with Crippen LogP contribution in [-0.2, 0) is 0 Å². The molecule has 20 heavy (non-hydrogen) atoms. The van der Waals surface area contributed by atoms with Gasteiger partial charge in [0.2, 0.25) is 0 Å². The van der Waals surface area contributed by atoms with Crippen LogP contribution in [-0.4, -0.2) is 4.99 Å². The molecule has 2 nitrogen and oxygen atoms in total. The first kappa shape index (κ1) is 14.9. The molecule has 0 unspecified atom stereocenters. The normalized spacial score (nSPS) is 10.4. The molecule has 2 aromatic rings. The van der Waals surface area contributed by atoms with Crippen LogP contribution >= 0.6 is 28.1 Å². The minimum atomic E-state index is -0.518. The second-order valence-electron chi connectivity index (χ2n) is 4.47. The lowest BCUT2D eigenvalue weighted by Crippen LogP contribution is -2.11. The molecule has 0 aromatic heterocycles. The molecule has 0 aliphatic rings. The zero-order valence-corrected chi connectivity index (χ0v) is 13.4. The summed E-state index contributed by atoms with van der Waals surface area (Å²) < 4.78 is 20.1. The fourth-order valence-electron chi connectivity index (χ4n) is 1.83. The van der Waals surface area contributed by atoms with E-state index in [9.17, 15) is 4.39 Å². The Hall–Kier alpha value is -1.46. The molecule has 2 aromatic carbocycles. The highest BCUT2D eigenvalue weighted by Crippen LogP contribution is 2.33. The molecular weight excluding hydrogens is 341 g/mol. The maximum absolute atomic E-state index is 14.2. The number of hydrogen-bond donors (Lipinski definition) is 1. The molecule has 2 N–H and O–H groups in total. The van der Waals surface area contributed by atoms with Gasteiger partial charge in [0.25, 0.3) is 0 Å². The summed E-state index contributed by atoms with van der Waals surface area (Å²) in [7, 11) is 0. The summed E-state index contributed by atoms with van der Waals surface area (Å²) in [5.41, 5.74) is 8.04. The monoisotopic (exact) mass is 353 g/mol. The number of halogens is 2. The molecular formula is C15H13BrFNOS. The summed E-state index contributed by atoms with van der Waals surface area (Å²) in [6, 6.07) is 8.87. The van der Waals surface area contributed by atoms with Gasteiger partial charge in [-0.2, -0.15) is 0 Å². The summed E-state index contributed by atoms with van der Waals surface area (Å²) in [5, 5.41) is 0. The zero-order valence-electron chi connectivity index (χ0n) is 11.0. The number of benzene rings is 2. The van der Waals surface area contributed by atoms with Gasteiger partial charge >= 0.3 is 0 Å². The van der Waals surface area contributed by atoms with E-state index < -0.39 is 5.82 Å². The Labute approximate surface area is 130 Å². The fraction of sp³-hybridized carbons (Fsp3) is 0.133. The number of ether oxygens (including phenoxy) is 1. The number of hydrogen-bond acceptors (Lipinski definition) is 2. The van der Waals surface area contributed by atoms with Crippen molar-refractivity contribution in [1.29, 1.82) is 0 Å². The van der Waals surface area contributed by atoms with Crippen LogP contribution in [0.5, 0.6) is 11.5 Å². The molecule has 104 valence electrons. The van der Waals surface area contributed by atoms with E-state index in [0.717, 1.165) is 11.1 Å². The standard InChI is InChI=1S/C15H13BrFNOS/c1-8-3-5-11(9(2)7-8)19-12-6-4-10(15(18)20)13(16)14(12)17/h3-7H,1-2H3,(H2,18,20). The Morgan fingerprint density at radius 3 is 2.45 bits per heavy atom. The first-order valence-corrected chi connectivity index (χ1v) is 7.13. The number of thiocarbonyl (C=S) groups is 1. The molecule has 0 radical (unpaired) electrons. The summed E-state index contributed by atoms with van der Waals surface area (Å²) in [4.78, 5) is 0.133. The second-order valence-corrected chi connectivity index (χ2v) is 5.71. The minimum absolute atomic E-state index is 0.129. The van der Waals surface area contributed by atoms with Crippen LogP contribution in [0.1, 0.15) is 16.7 Å². The summed E-state index contributed by atoms with van der Waals surface area (Å²) >= 11 is 8.01. The molecule has 0 aliphatic carbocycles. The highest BCUT2D eigenvalue weighted by atomic mass is 79.9. The van der Waals surface area contributed by atoms with Crippen molar-refractivity contribution in [2.75, 3.05) is 0 Å². The van der Waals surface area contributed by atoms with E-state index in [4.69, 9.17) is 22.7 Å². The van der Waals surface area contributed by atoms with Crippen LogP contribution in [0, 0.1) is 19.7 Å². The number of aryl methyl sites for hydroxylation is 2. The average Bonchev–Trinajstić information content (AvgIpc) is 2.37. The van der Waals surface area contributed by atoms with Crippen molar-refractivity contribution in [3.05, 3.63) is 57.3 Å². The van der Waals surface area contributed by atoms with Gasteiger partial charge in [-0.25, -0.2) is 4.39 Å². The van der Waals surface area contributed by atoms with Crippen molar-refractivity contribution in [2.45, 2.75) is 13.8 Å². The third-order valence-corrected chi connectivity index (χ3v) is 3.86. The SMILES string of the molecule is Cc1ccc(Oc2ccc(C(N)=S)c(Br)c2F)c(C)c1. The van der Waals surface area contributed by atoms with E-state index in [1.165, 1.54) is 6.07 Å². The molecule has 0 heterocycles. The van der Waals surface area contributed by atoms with Gasteiger partial charge in [-0.1, -0.05) is 29.9 Å². The van der Waals surface area contributed by atoms with Crippen LogP contribution in [0.3, 0.4) is 0 Å². The number of nitrogens with two attached hydrogens (primary N) is 1. The Kier molecular flexibility index (Phi) is 4.40. The maximum Gasteiger partial charge on any atom is 0.180 e. The van der Waals surface area contributed by atoms with E-state index in [1.807, 2.05) is 32.0 Å². The molecule has 5 heteroatoms. The Balaban J connectivity index is 2.39. The largest absolute Gasteiger partial charge is 0.454 e. The second kappa shape index (κ2) is 5.89. The van der Waals surface area contributed by atoms with Gasteiger partial charge in [0, 0.05) is 5.56 Å². The molecule has 0 saturated heterocycles. The Morgan fingerprint density at radius 1 is 1.20 bits per heavy atom. The smallest absolute Gasteiger partial charge is 0.180 e. The molecule has 2 rings (SSSR count). The molecule has 0 aliphatic heterocycles. The summed E-state index contributed by atoms with van der Waals surface area (Å²) in [6.07, 6.45) is 0. The van der Waals surface area contributed by atoms with Crippen molar-refractivity contribution >= 4 is 33.1 Å². The topological polar surface area (TPSA) is 35.2 Å². The van der Waals surface area contributed by atoms with Gasteiger partial charge in [-0.3, -0.25) is 0 Å². The predicted molar refractivity (Wildman–Crippen MR) is 86.0 cm³/mol. The van der Waals surface area contributed by atoms with E-state index >= 15 is 0 Å². The van der Waals surface area contributed by atoms with Gasteiger partial charge in [0.15, 0.2) is 11.6 Å². The van der Waals surface area contributed by atoms with Crippen molar-refractivity contribution < 1.29 is 9.13 Å². The van der Waals surface area contributed by atoms with Gasteiger partial charge in [0.1, 0.15) is 10.7 Å². The van der Waals surface area contributed by atoms with Crippen molar-refractivity contribution in [3.8, 4) is 11.5 Å². The van der Waals surface area contributed by atoms with Crippen molar-refractivity contribution in [1.82, 2.24) is 0 Å². The Bertz CT molecular complexity index is 688. The summed E-state index contributed by atoms with van der Waals surface area (Å²) in [5.74, 6) is 0.226. The van der Waals surface area contributed by atoms with Gasteiger partial charge < -0.3 is 10.5 Å². The lowest BCUT2D eigenvalue weighted by molar-refractivity contribution is 0.437. The predicted octanol–water partition coefficient (Wildman–Crippen LogP) is 4.63. The van der Waals surface area contributed by atoms with Crippen molar-refractivity contribution in [3.63, 3.8) is 0 Å². The molecule has 0 amide bonds. The van der Waals surface area contributed by atoms with E-state index in [-0.39, 0.29) is 15.2 Å². The van der Waals surface area contributed by atoms with Crippen LogP contribution in [0.4, 0.5) is 4.39 Å². The van der Waals surface area contributed by atoms with Gasteiger partial charge in [0.05, 0.1) is 4.47 Å². The van der Waals surface area contributed by atoms with Crippen LogP contribution in [0.2, 0.25) is 0 Å². The fourth-order valence-corrected chi connectivity index (χ4v) is 2.68. The van der Waals surface area contributed by atoms with E-state index in [2.05, 4.69) is 15.9 Å². The van der Waals surface area contributed by atoms with Crippen molar-refractivity contribution in [2.24, 2.45) is 5.73 Å².